The molecule has 1 fully saturated rings. The molecule has 1 aliphatic heterocycles. The maximum absolute atomic E-state index is 13.0. The standard InChI is InChI=1S/C22H24N4O3S/c1-14(2)29-13-20(27)26-9-7-15(12-26)19-11-17(16-5-3-4-6-18(16)24-19)21(28)25-22-23-8-10-30-22/h3-6,8,10-11,14-15H,7,9,12-13H2,1-2H3,(H,23,25,28). The van der Waals surface area contributed by atoms with Gasteiger partial charge in [0.25, 0.3) is 5.91 Å². The normalized spacial score (nSPS) is 16.4. The fourth-order valence-electron chi connectivity index (χ4n) is 3.60. The Morgan fingerprint density at radius 2 is 2.17 bits per heavy atom. The zero-order chi connectivity index (χ0) is 21.1. The quantitative estimate of drug-likeness (QED) is 0.652. The Kier molecular flexibility index (Phi) is 6.06. The van der Waals surface area contributed by atoms with E-state index in [0.717, 1.165) is 23.0 Å². The third-order valence-electron chi connectivity index (χ3n) is 5.13. The fourth-order valence-corrected chi connectivity index (χ4v) is 4.12. The summed E-state index contributed by atoms with van der Waals surface area (Å²) in [6.07, 6.45) is 2.49. The van der Waals surface area contributed by atoms with Crippen LogP contribution in [0.15, 0.2) is 41.9 Å². The number of hydrogen-bond donors (Lipinski definition) is 1. The van der Waals surface area contributed by atoms with Gasteiger partial charge in [0.1, 0.15) is 6.61 Å². The van der Waals surface area contributed by atoms with E-state index >= 15 is 0 Å². The number of thiazole rings is 1. The van der Waals surface area contributed by atoms with E-state index in [0.29, 0.717) is 23.8 Å². The lowest BCUT2D eigenvalue weighted by atomic mass is 9.99. The van der Waals surface area contributed by atoms with Gasteiger partial charge in [-0.25, -0.2) is 4.98 Å². The van der Waals surface area contributed by atoms with Crippen LogP contribution in [-0.4, -0.2) is 52.5 Å². The fraction of sp³-hybridized carbons (Fsp3) is 0.364. The molecule has 8 heteroatoms. The first-order chi connectivity index (χ1) is 14.5. The van der Waals surface area contributed by atoms with Gasteiger partial charge in [-0.2, -0.15) is 0 Å². The molecule has 1 unspecified atom stereocenters. The molecule has 1 N–H and O–H groups in total. The number of amides is 2. The highest BCUT2D eigenvalue weighted by Gasteiger charge is 2.29. The number of nitrogens with zero attached hydrogens (tertiary/aromatic N) is 3. The summed E-state index contributed by atoms with van der Waals surface area (Å²) in [6.45, 7) is 5.17. The molecule has 3 heterocycles. The number of hydrogen-bond acceptors (Lipinski definition) is 6. The van der Waals surface area contributed by atoms with E-state index in [4.69, 9.17) is 9.72 Å². The number of fused-ring (bicyclic) bond motifs is 1. The van der Waals surface area contributed by atoms with Crippen molar-refractivity contribution in [2.24, 2.45) is 0 Å². The third-order valence-corrected chi connectivity index (χ3v) is 5.82. The predicted molar refractivity (Wildman–Crippen MR) is 117 cm³/mol. The number of carbonyl (C=O) groups excluding carboxylic acids is 2. The van der Waals surface area contributed by atoms with Crippen molar-refractivity contribution >= 4 is 39.2 Å². The second-order valence-corrected chi connectivity index (χ2v) is 8.48. The summed E-state index contributed by atoms with van der Waals surface area (Å²) in [5.41, 5.74) is 2.17. The molecule has 1 atom stereocenters. The summed E-state index contributed by atoms with van der Waals surface area (Å²) in [5.74, 6) is -0.126. The maximum Gasteiger partial charge on any atom is 0.258 e. The first-order valence-corrected chi connectivity index (χ1v) is 10.9. The van der Waals surface area contributed by atoms with Crippen molar-refractivity contribution in [3.63, 3.8) is 0 Å². The van der Waals surface area contributed by atoms with Crippen LogP contribution in [0.25, 0.3) is 10.9 Å². The summed E-state index contributed by atoms with van der Waals surface area (Å²) >= 11 is 1.38. The van der Waals surface area contributed by atoms with E-state index in [1.165, 1.54) is 11.3 Å². The van der Waals surface area contributed by atoms with E-state index in [9.17, 15) is 9.59 Å². The highest BCUT2D eigenvalue weighted by atomic mass is 32.1. The number of nitrogens with one attached hydrogen (secondary N) is 1. The zero-order valence-corrected chi connectivity index (χ0v) is 17.8. The van der Waals surface area contributed by atoms with Crippen molar-refractivity contribution < 1.29 is 14.3 Å². The highest BCUT2D eigenvalue weighted by molar-refractivity contribution is 7.13. The molecule has 0 saturated carbocycles. The number of likely N-dealkylation sites (tertiary alicyclic amines) is 1. The number of anilines is 1. The van der Waals surface area contributed by atoms with Crippen molar-refractivity contribution in [3.05, 3.63) is 53.2 Å². The van der Waals surface area contributed by atoms with Gasteiger partial charge in [0, 0.05) is 41.7 Å². The molecular formula is C22H24N4O3S. The molecule has 1 aromatic carbocycles. The first-order valence-electron chi connectivity index (χ1n) is 10.0. The number of carbonyl (C=O) groups is 2. The SMILES string of the molecule is CC(C)OCC(=O)N1CCC(c2cc(C(=O)Nc3nccs3)c3ccccc3n2)C1. The van der Waals surface area contributed by atoms with Crippen LogP contribution in [0.1, 0.15) is 42.2 Å². The Balaban J connectivity index is 1.58. The Labute approximate surface area is 179 Å². The second-order valence-electron chi connectivity index (χ2n) is 7.59. The molecule has 7 nitrogen and oxygen atoms in total. The van der Waals surface area contributed by atoms with Crippen molar-refractivity contribution in [1.29, 1.82) is 0 Å². The van der Waals surface area contributed by atoms with Crippen LogP contribution < -0.4 is 5.32 Å². The van der Waals surface area contributed by atoms with Crippen molar-refractivity contribution in [3.8, 4) is 0 Å². The van der Waals surface area contributed by atoms with Gasteiger partial charge in [0.05, 0.1) is 17.2 Å². The van der Waals surface area contributed by atoms with Crippen LogP contribution in [0, 0.1) is 0 Å². The smallest absolute Gasteiger partial charge is 0.258 e. The molecule has 3 aromatic rings. The highest BCUT2D eigenvalue weighted by Crippen LogP contribution is 2.30. The lowest BCUT2D eigenvalue weighted by Crippen LogP contribution is -2.32. The van der Waals surface area contributed by atoms with Gasteiger partial charge >= 0.3 is 0 Å². The molecule has 2 aromatic heterocycles. The molecule has 2 amide bonds. The van der Waals surface area contributed by atoms with Crippen molar-refractivity contribution in [2.45, 2.75) is 32.3 Å². The number of benzene rings is 1. The lowest BCUT2D eigenvalue weighted by molar-refractivity contribution is -0.136. The molecule has 1 aliphatic rings. The van der Waals surface area contributed by atoms with Gasteiger partial charge in [-0.05, 0) is 32.4 Å². The molecule has 156 valence electrons. The van der Waals surface area contributed by atoms with Gasteiger partial charge < -0.3 is 9.64 Å². The first kappa shape index (κ1) is 20.4. The lowest BCUT2D eigenvalue weighted by Gasteiger charge is -2.18. The van der Waals surface area contributed by atoms with Crippen LogP contribution in [0.4, 0.5) is 5.13 Å². The van der Waals surface area contributed by atoms with E-state index in [2.05, 4.69) is 10.3 Å². The molecule has 0 bridgehead atoms. The number of rotatable bonds is 6. The molecule has 0 radical (unpaired) electrons. The van der Waals surface area contributed by atoms with Gasteiger partial charge in [-0.15, -0.1) is 11.3 Å². The third kappa shape index (κ3) is 4.49. The maximum atomic E-state index is 13.0. The Hall–Kier alpha value is -2.84. The van der Waals surface area contributed by atoms with Gasteiger partial charge in [-0.1, -0.05) is 18.2 Å². The predicted octanol–water partition coefficient (Wildman–Crippen LogP) is 3.68. The van der Waals surface area contributed by atoms with Crippen LogP contribution >= 0.6 is 11.3 Å². The summed E-state index contributed by atoms with van der Waals surface area (Å²) in [6, 6.07) is 9.47. The number of aromatic nitrogens is 2. The topological polar surface area (TPSA) is 84.4 Å². The number of ether oxygens (including phenoxy) is 1. The Morgan fingerprint density at radius 3 is 2.93 bits per heavy atom. The Morgan fingerprint density at radius 1 is 1.33 bits per heavy atom. The summed E-state index contributed by atoms with van der Waals surface area (Å²) in [4.78, 5) is 36.1. The number of pyridine rings is 1. The molecule has 30 heavy (non-hydrogen) atoms. The Bertz CT molecular complexity index is 1050. The van der Waals surface area contributed by atoms with E-state index < -0.39 is 0 Å². The number of para-hydroxylation sites is 1. The molecule has 4 rings (SSSR count). The van der Waals surface area contributed by atoms with Crippen LogP contribution in [-0.2, 0) is 9.53 Å². The van der Waals surface area contributed by atoms with E-state index in [1.807, 2.05) is 54.5 Å². The van der Waals surface area contributed by atoms with Crippen LogP contribution in [0.2, 0.25) is 0 Å². The van der Waals surface area contributed by atoms with Crippen molar-refractivity contribution in [2.75, 3.05) is 25.0 Å². The van der Waals surface area contributed by atoms with Crippen LogP contribution in [0.3, 0.4) is 0 Å². The average Bonchev–Trinajstić information content (AvgIpc) is 3.43. The van der Waals surface area contributed by atoms with Crippen molar-refractivity contribution in [1.82, 2.24) is 14.9 Å². The van der Waals surface area contributed by atoms with Gasteiger partial charge in [0.2, 0.25) is 5.91 Å². The minimum absolute atomic E-state index is 0.00581. The minimum Gasteiger partial charge on any atom is -0.369 e. The average molecular weight is 425 g/mol. The van der Waals surface area contributed by atoms with Gasteiger partial charge in [-0.3, -0.25) is 19.9 Å². The summed E-state index contributed by atoms with van der Waals surface area (Å²) in [7, 11) is 0. The minimum atomic E-state index is -0.207. The monoisotopic (exact) mass is 424 g/mol. The molecular weight excluding hydrogens is 400 g/mol. The van der Waals surface area contributed by atoms with E-state index in [1.54, 1.807) is 6.20 Å². The molecule has 0 spiro atoms. The van der Waals surface area contributed by atoms with E-state index in [-0.39, 0.29) is 30.4 Å². The van der Waals surface area contributed by atoms with Gasteiger partial charge in [0.15, 0.2) is 5.13 Å². The zero-order valence-electron chi connectivity index (χ0n) is 17.0. The second kappa shape index (κ2) is 8.89. The van der Waals surface area contributed by atoms with Crippen LogP contribution in [0.5, 0.6) is 0 Å². The largest absolute Gasteiger partial charge is 0.369 e. The molecule has 0 aliphatic carbocycles. The summed E-state index contributed by atoms with van der Waals surface area (Å²) < 4.78 is 5.45. The summed E-state index contributed by atoms with van der Waals surface area (Å²) in [5, 5.41) is 6.04. The molecule has 1 saturated heterocycles.